The Hall–Kier alpha value is -2.18. The summed E-state index contributed by atoms with van der Waals surface area (Å²) in [5.74, 6) is -2.26. The largest absolute Gasteiger partial charge is 0.463 e. The van der Waals surface area contributed by atoms with Crippen molar-refractivity contribution in [2.24, 2.45) is 7.05 Å². The van der Waals surface area contributed by atoms with Gasteiger partial charge in [-0.3, -0.25) is 9.48 Å². The number of carbonyl (C=O) groups is 3. The van der Waals surface area contributed by atoms with E-state index in [2.05, 4.69) is 9.84 Å². The van der Waals surface area contributed by atoms with Crippen molar-refractivity contribution >= 4 is 17.7 Å². The number of aromatic nitrogens is 2. The van der Waals surface area contributed by atoms with E-state index in [4.69, 9.17) is 4.74 Å². The highest BCUT2D eigenvalue weighted by molar-refractivity contribution is 6.03. The van der Waals surface area contributed by atoms with Gasteiger partial charge in [0.15, 0.2) is 5.78 Å². The lowest BCUT2D eigenvalue weighted by Crippen LogP contribution is -2.35. The van der Waals surface area contributed by atoms with Gasteiger partial charge < -0.3 is 9.47 Å². The summed E-state index contributed by atoms with van der Waals surface area (Å²) in [6, 6.07) is 0. The third-order valence-corrected chi connectivity index (χ3v) is 2.04. The van der Waals surface area contributed by atoms with Crippen LogP contribution in [0.3, 0.4) is 0 Å². The van der Waals surface area contributed by atoms with E-state index in [-0.39, 0.29) is 12.2 Å². The van der Waals surface area contributed by atoms with Gasteiger partial charge >= 0.3 is 11.9 Å². The van der Waals surface area contributed by atoms with Crippen LogP contribution in [0.15, 0.2) is 12.4 Å². The fourth-order valence-electron chi connectivity index (χ4n) is 1.22. The maximum absolute atomic E-state index is 11.6. The van der Waals surface area contributed by atoms with Gasteiger partial charge in [0.1, 0.15) is 0 Å². The van der Waals surface area contributed by atoms with Gasteiger partial charge in [-0.25, -0.2) is 9.59 Å². The standard InChI is InChI=1S/C11H14N2O5/c1-4-17-11(16)9(7(2)14)18-10(15)8-5-12-13(3)6-8/h5-6,9H,4H2,1-3H3/t9-/m1/s1. The highest BCUT2D eigenvalue weighted by atomic mass is 16.6. The molecule has 0 aliphatic carbocycles. The van der Waals surface area contributed by atoms with Crippen molar-refractivity contribution in [3.63, 3.8) is 0 Å². The van der Waals surface area contributed by atoms with E-state index >= 15 is 0 Å². The lowest BCUT2D eigenvalue weighted by molar-refractivity contribution is -0.157. The number of nitrogens with zero attached hydrogens (tertiary/aromatic N) is 2. The molecule has 0 N–H and O–H groups in total. The zero-order chi connectivity index (χ0) is 13.7. The van der Waals surface area contributed by atoms with Crippen molar-refractivity contribution in [1.82, 2.24) is 9.78 Å². The van der Waals surface area contributed by atoms with E-state index in [0.717, 1.165) is 6.92 Å². The first-order valence-electron chi connectivity index (χ1n) is 5.32. The second-order valence-corrected chi connectivity index (χ2v) is 3.55. The molecule has 0 saturated heterocycles. The predicted molar refractivity (Wildman–Crippen MR) is 59.7 cm³/mol. The lowest BCUT2D eigenvalue weighted by Gasteiger charge is -2.12. The van der Waals surface area contributed by atoms with Crippen molar-refractivity contribution in [1.29, 1.82) is 0 Å². The number of carbonyl (C=O) groups excluding carboxylic acids is 3. The summed E-state index contributed by atoms with van der Waals surface area (Å²) in [7, 11) is 1.63. The second kappa shape index (κ2) is 5.95. The minimum Gasteiger partial charge on any atom is -0.463 e. The van der Waals surface area contributed by atoms with Gasteiger partial charge in [0.05, 0.1) is 18.4 Å². The first-order chi connectivity index (χ1) is 8.45. The first-order valence-corrected chi connectivity index (χ1v) is 5.32. The maximum atomic E-state index is 11.6. The molecule has 1 aromatic heterocycles. The van der Waals surface area contributed by atoms with Crippen LogP contribution in [0.2, 0.25) is 0 Å². The van der Waals surface area contributed by atoms with E-state index in [1.54, 1.807) is 14.0 Å². The normalized spacial score (nSPS) is 11.7. The van der Waals surface area contributed by atoms with Crippen LogP contribution in [-0.4, -0.2) is 40.2 Å². The summed E-state index contributed by atoms with van der Waals surface area (Å²) >= 11 is 0. The molecule has 7 nitrogen and oxygen atoms in total. The molecular weight excluding hydrogens is 240 g/mol. The summed E-state index contributed by atoms with van der Waals surface area (Å²) < 4.78 is 10.9. The van der Waals surface area contributed by atoms with E-state index in [0.29, 0.717) is 0 Å². The average Bonchev–Trinajstić information content (AvgIpc) is 2.72. The fraction of sp³-hybridized carbons (Fsp3) is 0.455. The molecule has 1 heterocycles. The molecule has 0 unspecified atom stereocenters. The molecule has 98 valence electrons. The number of Topliss-reactive ketones (excluding diaryl/α,β-unsaturated/α-hetero) is 1. The Bertz CT molecular complexity index is 466. The van der Waals surface area contributed by atoms with Gasteiger partial charge in [0, 0.05) is 13.2 Å². The predicted octanol–water partition coefficient (Wildman–Crippen LogP) is 0.0976. The van der Waals surface area contributed by atoms with Crippen molar-refractivity contribution in [3.05, 3.63) is 18.0 Å². The third kappa shape index (κ3) is 3.41. The Morgan fingerprint density at radius 1 is 1.44 bits per heavy atom. The first kappa shape index (κ1) is 13.9. The summed E-state index contributed by atoms with van der Waals surface area (Å²) in [5.41, 5.74) is 0.160. The highest BCUT2D eigenvalue weighted by Gasteiger charge is 2.29. The Morgan fingerprint density at radius 3 is 2.56 bits per heavy atom. The number of hydrogen-bond donors (Lipinski definition) is 0. The van der Waals surface area contributed by atoms with Gasteiger partial charge in [-0.05, 0) is 13.8 Å². The van der Waals surface area contributed by atoms with Crippen LogP contribution < -0.4 is 0 Å². The van der Waals surface area contributed by atoms with Crippen LogP contribution in [-0.2, 0) is 26.1 Å². The van der Waals surface area contributed by atoms with E-state index < -0.39 is 23.8 Å². The summed E-state index contributed by atoms with van der Waals surface area (Å²) in [6.07, 6.45) is 1.17. The van der Waals surface area contributed by atoms with E-state index in [1.165, 1.54) is 17.1 Å². The van der Waals surface area contributed by atoms with Crippen LogP contribution in [0.4, 0.5) is 0 Å². The molecule has 0 aliphatic heterocycles. The molecule has 1 atom stereocenters. The van der Waals surface area contributed by atoms with Crippen LogP contribution in [0.1, 0.15) is 24.2 Å². The molecule has 1 aromatic rings. The molecule has 18 heavy (non-hydrogen) atoms. The van der Waals surface area contributed by atoms with Crippen LogP contribution in [0.25, 0.3) is 0 Å². The molecule has 0 bridgehead atoms. The third-order valence-electron chi connectivity index (χ3n) is 2.04. The molecule has 0 radical (unpaired) electrons. The van der Waals surface area contributed by atoms with Crippen molar-refractivity contribution in [2.75, 3.05) is 6.61 Å². The van der Waals surface area contributed by atoms with Crippen LogP contribution >= 0.6 is 0 Å². The maximum Gasteiger partial charge on any atom is 0.355 e. The molecule has 0 amide bonds. The molecule has 0 aliphatic rings. The molecule has 1 rings (SSSR count). The molecule has 0 aromatic carbocycles. The monoisotopic (exact) mass is 254 g/mol. The quantitative estimate of drug-likeness (QED) is 0.547. The summed E-state index contributed by atoms with van der Waals surface area (Å²) in [4.78, 5) is 34.3. The zero-order valence-electron chi connectivity index (χ0n) is 10.4. The van der Waals surface area contributed by atoms with Crippen LogP contribution in [0, 0.1) is 0 Å². The zero-order valence-corrected chi connectivity index (χ0v) is 10.4. The molecule has 7 heteroatoms. The molecule has 0 saturated carbocycles. The topological polar surface area (TPSA) is 87.5 Å². The average molecular weight is 254 g/mol. The Labute approximate surface area is 104 Å². The van der Waals surface area contributed by atoms with E-state index in [1.807, 2.05) is 0 Å². The van der Waals surface area contributed by atoms with Crippen molar-refractivity contribution in [2.45, 2.75) is 20.0 Å². The Kier molecular flexibility index (Phi) is 4.59. The van der Waals surface area contributed by atoms with E-state index in [9.17, 15) is 14.4 Å². The van der Waals surface area contributed by atoms with Gasteiger partial charge in [-0.15, -0.1) is 0 Å². The minimum atomic E-state index is -1.53. The summed E-state index contributed by atoms with van der Waals surface area (Å²) in [6.45, 7) is 2.85. The number of ether oxygens (including phenoxy) is 2. The fourth-order valence-corrected chi connectivity index (χ4v) is 1.22. The number of rotatable bonds is 5. The van der Waals surface area contributed by atoms with Gasteiger partial charge in [0.25, 0.3) is 6.10 Å². The van der Waals surface area contributed by atoms with Crippen molar-refractivity contribution in [3.8, 4) is 0 Å². The Morgan fingerprint density at radius 2 is 2.11 bits per heavy atom. The molecule has 0 spiro atoms. The Balaban J connectivity index is 2.75. The van der Waals surface area contributed by atoms with Crippen molar-refractivity contribution < 1.29 is 23.9 Å². The molecular formula is C11H14N2O5. The SMILES string of the molecule is CCOC(=O)[C@H](OC(=O)c1cnn(C)c1)C(C)=O. The highest BCUT2D eigenvalue weighted by Crippen LogP contribution is 2.05. The second-order valence-electron chi connectivity index (χ2n) is 3.55. The smallest absolute Gasteiger partial charge is 0.355 e. The number of esters is 2. The summed E-state index contributed by atoms with van der Waals surface area (Å²) in [5, 5.41) is 3.79. The lowest BCUT2D eigenvalue weighted by atomic mass is 10.2. The minimum absolute atomic E-state index is 0.104. The molecule has 0 fully saturated rings. The number of aryl methyl sites for hydroxylation is 1. The van der Waals surface area contributed by atoms with Gasteiger partial charge in [-0.2, -0.15) is 5.10 Å². The number of hydrogen-bond acceptors (Lipinski definition) is 6. The number of ketones is 1. The van der Waals surface area contributed by atoms with Gasteiger partial charge in [0.2, 0.25) is 0 Å². The van der Waals surface area contributed by atoms with Gasteiger partial charge in [-0.1, -0.05) is 0 Å². The van der Waals surface area contributed by atoms with Crippen LogP contribution in [0.5, 0.6) is 0 Å².